The zero-order valence-electron chi connectivity index (χ0n) is 14.3. The normalized spacial score (nSPS) is 18.0. The van der Waals surface area contributed by atoms with Gasteiger partial charge in [0.15, 0.2) is 11.5 Å². The average Bonchev–Trinajstić information content (AvgIpc) is 3.01. The Morgan fingerprint density at radius 2 is 2.17 bits per heavy atom. The first-order valence-electron chi connectivity index (χ1n) is 8.00. The average molecular weight is 322 g/mol. The summed E-state index contributed by atoms with van der Waals surface area (Å²) in [6.07, 6.45) is 2.23. The molecule has 2 rings (SSSR count). The van der Waals surface area contributed by atoms with Gasteiger partial charge in [0.25, 0.3) is 5.91 Å². The van der Waals surface area contributed by atoms with Crippen molar-refractivity contribution in [3.63, 3.8) is 0 Å². The standard InChI is InChI=1S/C17H26N2O4/c1-5-19-8-6-7-12(19)10-18-17(21)14-15(20)11(2)9-13(22-3)16(14)23-4/h9,12,20H,5-8,10H2,1-4H3,(H,18,21)/t12-/m0/s1. The maximum atomic E-state index is 12.6. The molecule has 0 aromatic heterocycles. The monoisotopic (exact) mass is 322 g/mol. The van der Waals surface area contributed by atoms with Crippen molar-refractivity contribution in [1.29, 1.82) is 0 Å². The largest absolute Gasteiger partial charge is 0.507 e. The van der Waals surface area contributed by atoms with Crippen LogP contribution in [0.25, 0.3) is 0 Å². The summed E-state index contributed by atoms with van der Waals surface area (Å²) in [7, 11) is 2.97. The molecule has 1 aromatic rings. The number of phenolic OH excluding ortho intramolecular Hbond substituents is 1. The summed E-state index contributed by atoms with van der Waals surface area (Å²) in [5.74, 6) is 0.277. The summed E-state index contributed by atoms with van der Waals surface area (Å²) in [4.78, 5) is 14.9. The van der Waals surface area contributed by atoms with E-state index in [0.717, 1.165) is 25.9 Å². The molecule has 1 aliphatic heterocycles. The van der Waals surface area contributed by atoms with Gasteiger partial charge in [-0.05, 0) is 44.5 Å². The molecular formula is C17H26N2O4. The lowest BCUT2D eigenvalue weighted by Crippen LogP contribution is -2.40. The van der Waals surface area contributed by atoms with Crippen LogP contribution in [0.4, 0.5) is 0 Å². The quantitative estimate of drug-likeness (QED) is 0.837. The van der Waals surface area contributed by atoms with Gasteiger partial charge in [0, 0.05) is 12.6 Å². The maximum absolute atomic E-state index is 12.6. The molecule has 1 amide bonds. The number of methoxy groups -OCH3 is 2. The summed E-state index contributed by atoms with van der Waals surface area (Å²) in [5.41, 5.74) is 0.703. The zero-order chi connectivity index (χ0) is 17.0. The Hall–Kier alpha value is -1.95. The fourth-order valence-electron chi connectivity index (χ4n) is 3.16. The molecule has 6 heteroatoms. The van der Waals surface area contributed by atoms with E-state index in [1.165, 1.54) is 14.2 Å². The molecule has 0 unspecified atom stereocenters. The number of amides is 1. The second-order valence-corrected chi connectivity index (χ2v) is 5.79. The number of likely N-dealkylation sites (tertiary alicyclic amines) is 1. The third-order valence-corrected chi connectivity index (χ3v) is 4.46. The van der Waals surface area contributed by atoms with E-state index in [1.807, 2.05) is 0 Å². The molecule has 1 aliphatic rings. The van der Waals surface area contributed by atoms with Crippen molar-refractivity contribution < 1.29 is 19.4 Å². The molecule has 1 aromatic carbocycles. The lowest BCUT2D eigenvalue weighted by atomic mass is 10.1. The second-order valence-electron chi connectivity index (χ2n) is 5.79. The first kappa shape index (κ1) is 17.4. The van der Waals surface area contributed by atoms with Crippen molar-refractivity contribution in [2.24, 2.45) is 0 Å². The minimum Gasteiger partial charge on any atom is -0.507 e. The second kappa shape index (κ2) is 7.55. The smallest absolute Gasteiger partial charge is 0.259 e. The van der Waals surface area contributed by atoms with Crippen molar-refractivity contribution in [2.45, 2.75) is 32.7 Å². The number of aromatic hydroxyl groups is 1. The summed E-state index contributed by atoms with van der Waals surface area (Å²) in [6, 6.07) is 2.00. The number of hydrogen-bond acceptors (Lipinski definition) is 5. The summed E-state index contributed by atoms with van der Waals surface area (Å²) in [6.45, 7) is 6.47. The van der Waals surface area contributed by atoms with Gasteiger partial charge in [0.05, 0.1) is 14.2 Å². The van der Waals surface area contributed by atoms with E-state index in [0.29, 0.717) is 23.9 Å². The molecule has 0 saturated carbocycles. The number of ether oxygens (including phenoxy) is 2. The predicted octanol–water partition coefficient (Wildman–Crippen LogP) is 1.93. The molecule has 0 bridgehead atoms. The highest BCUT2D eigenvalue weighted by Crippen LogP contribution is 2.39. The highest BCUT2D eigenvalue weighted by molar-refractivity contribution is 6.01. The van der Waals surface area contributed by atoms with Gasteiger partial charge in [-0.15, -0.1) is 0 Å². The Bertz CT molecular complexity index is 574. The number of carbonyl (C=O) groups excluding carboxylic acids is 1. The van der Waals surface area contributed by atoms with Crippen LogP contribution in [-0.2, 0) is 0 Å². The molecule has 128 valence electrons. The number of nitrogens with zero attached hydrogens (tertiary/aromatic N) is 1. The number of likely N-dealkylation sites (N-methyl/N-ethyl adjacent to an activating group) is 1. The lowest BCUT2D eigenvalue weighted by Gasteiger charge is -2.23. The molecule has 2 N–H and O–H groups in total. The summed E-state index contributed by atoms with van der Waals surface area (Å²) >= 11 is 0. The Kier molecular flexibility index (Phi) is 5.71. The van der Waals surface area contributed by atoms with Crippen LogP contribution < -0.4 is 14.8 Å². The van der Waals surface area contributed by atoms with Crippen molar-refractivity contribution in [3.05, 3.63) is 17.2 Å². The van der Waals surface area contributed by atoms with E-state index in [1.54, 1.807) is 13.0 Å². The van der Waals surface area contributed by atoms with E-state index in [2.05, 4.69) is 17.1 Å². The number of benzene rings is 1. The SMILES string of the molecule is CCN1CCC[C@H]1CNC(=O)c1c(O)c(C)cc(OC)c1OC. The molecule has 0 spiro atoms. The van der Waals surface area contributed by atoms with Crippen LogP contribution in [0, 0.1) is 6.92 Å². The molecule has 6 nitrogen and oxygen atoms in total. The Morgan fingerprint density at radius 1 is 1.43 bits per heavy atom. The number of phenols is 1. The minimum atomic E-state index is -0.343. The fraction of sp³-hybridized carbons (Fsp3) is 0.588. The van der Waals surface area contributed by atoms with Crippen molar-refractivity contribution >= 4 is 5.91 Å². The zero-order valence-corrected chi connectivity index (χ0v) is 14.3. The number of rotatable bonds is 6. The van der Waals surface area contributed by atoms with Gasteiger partial charge in [-0.2, -0.15) is 0 Å². The molecule has 0 radical (unpaired) electrons. The third kappa shape index (κ3) is 3.52. The third-order valence-electron chi connectivity index (χ3n) is 4.46. The van der Waals surface area contributed by atoms with Crippen LogP contribution in [0.5, 0.6) is 17.2 Å². The molecule has 1 heterocycles. The van der Waals surface area contributed by atoms with Crippen LogP contribution in [-0.4, -0.2) is 55.8 Å². The van der Waals surface area contributed by atoms with Gasteiger partial charge in [-0.1, -0.05) is 6.92 Å². The Labute approximate surface area is 137 Å². The molecule has 1 fully saturated rings. The van der Waals surface area contributed by atoms with Gasteiger partial charge in [-0.3, -0.25) is 9.69 Å². The maximum Gasteiger partial charge on any atom is 0.259 e. The lowest BCUT2D eigenvalue weighted by molar-refractivity contribution is 0.0934. The van der Waals surface area contributed by atoms with Crippen molar-refractivity contribution in [1.82, 2.24) is 10.2 Å². The van der Waals surface area contributed by atoms with Crippen LogP contribution >= 0.6 is 0 Å². The van der Waals surface area contributed by atoms with E-state index < -0.39 is 0 Å². The molecule has 23 heavy (non-hydrogen) atoms. The predicted molar refractivity (Wildman–Crippen MR) is 88.6 cm³/mol. The topological polar surface area (TPSA) is 71.0 Å². The molecule has 0 aliphatic carbocycles. The highest BCUT2D eigenvalue weighted by Gasteiger charge is 2.27. The Balaban J connectivity index is 2.20. The molecular weight excluding hydrogens is 296 g/mol. The van der Waals surface area contributed by atoms with Crippen molar-refractivity contribution in [2.75, 3.05) is 33.9 Å². The van der Waals surface area contributed by atoms with E-state index in [-0.39, 0.29) is 23.0 Å². The van der Waals surface area contributed by atoms with Gasteiger partial charge in [0.2, 0.25) is 0 Å². The number of aryl methyl sites for hydroxylation is 1. The van der Waals surface area contributed by atoms with Crippen LogP contribution in [0.2, 0.25) is 0 Å². The van der Waals surface area contributed by atoms with Crippen LogP contribution in [0.15, 0.2) is 6.07 Å². The number of nitrogens with one attached hydrogen (secondary N) is 1. The first-order valence-corrected chi connectivity index (χ1v) is 8.00. The minimum absolute atomic E-state index is 0.0704. The van der Waals surface area contributed by atoms with Crippen LogP contribution in [0.3, 0.4) is 0 Å². The van der Waals surface area contributed by atoms with Gasteiger partial charge >= 0.3 is 0 Å². The first-order chi connectivity index (χ1) is 11.0. The van der Waals surface area contributed by atoms with E-state index >= 15 is 0 Å². The van der Waals surface area contributed by atoms with Crippen LogP contribution in [0.1, 0.15) is 35.7 Å². The number of carbonyl (C=O) groups is 1. The molecule has 1 atom stereocenters. The van der Waals surface area contributed by atoms with Gasteiger partial charge in [-0.25, -0.2) is 0 Å². The Morgan fingerprint density at radius 3 is 2.78 bits per heavy atom. The highest BCUT2D eigenvalue weighted by atomic mass is 16.5. The van der Waals surface area contributed by atoms with Gasteiger partial charge in [0.1, 0.15) is 11.3 Å². The van der Waals surface area contributed by atoms with Crippen molar-refractivity contribution in [3.8, 4) is 17.2 Å². The fourth-order valence-corrected chi connectivity index (χ4v) is 3.16. The van der Waals surface area contributed by atoms with E-state index in [4.69, 9.17) is 9.47 Å². The summed E-state index contributed by atoms with van der Waals surface area (Å²) < 4.78 is 10.5. The van der Waals surface area contributed by atoms with Gasteiger partial charge < -0.3 is 19.9 Å². The van der Waals surface area contributed by atoms with E-state index in [9.17, 15) is 9.90 Å². The molecule has 1 saturated heterocycles. The number of hydrogen-bond donors (Lipinski definition) is 2. The summed E-state index contributed by atoms with van der Waals surface area (Å²) in [5, 5.41) is 13.2.